The average Bonchev–Trinajstić information content (AvgIpc) is 2.70. The molecule has 78 valence electrons. The van der Waals surface area contributed by atoms with Gasteiger partial charge in [-0.15, -0.1) is 0 Å². The molecule has 0 spiro atoms. The van der Waals surface area contributed by atoms with Crippen LogP contribution in [0.2, 0.25) is 0 Å². The Morgan fingerprint density at radius 3 is 2.86 bits per heavy atom. The van der Waals surface area contributed by atoms with Gasteiger partial charge in [-0.3, -0.25) is 9.79 Å². The second kappa shape index (κ2) is 3.98. The van der Waals surface area contributed by atoms with Gasteiger partial charge in [-0.25, -0.2) is 0 Å². The zero-order chi connectivity index (χ0) is 9.97. The Kier molecular flexibility index (Phi) is 2.70. The van der Waals surface area contributed by atoms with E-state index in [9.17, 15) is 4.79 Å². The van der Waals surface area contributed by atoms with E-state index < -0.39 is 5.97 Å². The van der Waals surface area contributed by atoms with Crippen LogP contribution in [0, 0.1) is 5.92 Å². The Hall–Kier alpha value is -1.06. The van der Waals surface area contributed by atoms with Crippen LogP contribution in [-0.4, -0.2) is 41.4 Å². The minimum atomic E-state index is -0.752. The maximum atomic E-state index is 10.6. The van der Waals surface area contributed by atoms with Gasteiger partial charge in [-0.2, -0.15) is 0 Å². The van der Waals surface area contributed by atoms with Gasteiger partial charge in [0, 0.05) is 12.5 Å². The molecule has 0 aromatic heterocycles. The summed E-state index contributed by atoms with van der Waals surface area (Å²) in [4.78, 5) is 17.0. The van der Waals surface area contributed by atoms with Crippen molar-refractivity contribution in [1.82, 2.24) is 4.90 Å². The Morgan fingerprint density at radius 1 is 1.50 bits per heavy atom. The SMILES string of the molecule is O=C(O)CN1CCN=C1C1CCCC1. The molecule has 0 aromatic carbocycles. The molecule has 0 saturated heterocycles. The normalized spacial score (nSPS) is 22.9. The van der Waals surface area contributed by atoms with Crippen LogP contribution in [-0.2, 0) is 4.79 Å². The molecule has 0 aromatic rings. The minimum absolute atomic E-state index is 0.120. The van der Waals surface area contributed by atoms with Crippen molar-refractivity contribution in [2.24, 2.45) is 10.9 Å². The highest BCUT2D eigenvalue weighted by atomic mass is 16.4. The number of nitrogens with zero attached hydrogens (tertiary/aromatic N) is 2. The monoisotopic (exact) mass is 196 g/mol. The number of hydrogen-bond acceptors (Lipinski definition) is 3. The number of hydrogen-bond donors (Lipinski definition) is 1. The molecule has 14 heavy (non-hydrogen) atoms. The first-order chi connectivity index (χ1) is 6.77. The third-order valence-electron chi connectivity index (χ3n) is 3.01. The van der Waals surface area contributed by atoms with Crippen molar-refractivity contribution in [3.05, 3.63) is 0 Å². The van der Waals surface area contributed by atoms with E-state index in [1.165, 1.54) is 25.7 Å². The molecule has 0 bridgehead atoms. The highest BCUT2D eigenvalue weighted by Crippen LogP contribution is 2.28. The fourth-order valence-corrected chi connectivity index (χ4v) is 2.39. The zero-order valence-corrected chi connectivity index (χ0v) is 8.28. The number of amidine groups is 1. The van der Waals surface area contributed by atoms with E-state index >= 15 is 0 Å². The van der Waals surface area contributed by atoms with E-state index in [2.05, 4.69) is 4.99 Å². The van der Waals surface area contributed by atoms with E-state index in [0.29, 0.717) is 5.92 Å². The summed E-state index contributed by atoms with van der Waals surface area (Å²) in [5, 5.41) is 8.74. The van der Waals surface area contributed by atoms with Crippen molar-refractivity contribution >= 4 is 11.8 Å². The van der Waals surface area contributed by atoms with Crippen molar-refractivity contribution in [3.8, 4) is 0 Å². The third kappa shape index (κ3) is 1.89. The van der Waals surface area contributed by atoms with E-state index in [-0.39, 0.29) is 6.54 Å². The van der Waals surface area contributed by atoms with Gasteiger partial charge in [0.1, 0.15) is 12.4 Å². The number of carboxylic acid groups (broad SMARTS) is 1. The lowest BCUT2D eigenvalue weighted by Crippen LogP contribution is -2.36. The summed E-state index contributed by atoms with van der Waals surface area (Å²) in [6, 6.07) is 0. The third-order valence-corrected chi connectivity index (χ3v) is 3.01. The maximum absolute atomic E-state index is 10.6. The molecule has 1 aliphatic carbocycles. The van der Waals surface area contributed by atoms with E-state index in [4.69, 9.17) is 5.11 Å². The summed E-state index contributed by atoms with van der Waals surface area (Å²) < 4.78 is 0. The molecule has 1 N–H and O–H groups in total. The van der Waals surface area contributed by atoms with E-state index in [1.54, 1.807) is 0 Å². The van der Waals surface area contributed by atoms with Crippen LogP contribution in [0.3, 0.4) is 0 Å². The van der Waals surface area contributed by atoms with Gasteiger partial charge >= 0.3 is 5.97 Å². The summed E-state index contributed by atoms with van der Waals surface area (Å²) in [5.41, 5.74) is 0. The molecule has 1 heterocycles. The Bertz CT molecular complexity index is 257. The first kappa shape index (κ1) is 9.49. The molecule has 1 saturated carbocycles. The van der Waals surface area contributed by atoms with Crippen LogP contribution < -0.4 is 0 Å². The average molecular weight is 196 g/mol. The van der Waals surface area contributed by atoms with Crippen molar-refractivity contribution in [2.45, 2.75) is 25.7 Å². The van der Waals surface area contributed by atoms with Crippen LogP contribution in [0.5, 0.6) is 0 Å². The molecule has 2 rings (SSSR count). The van der Waals surface area contributed by atoms with E-state index in [0.717, 1.165) is 18.9 Å². The predicted octanol–water partition coefficient (Wildman–Crippen LogP) is 0.975. The van der Waals surface area contributed by atoms with Crippen LogP contribution in [0.1, 0.15) is 25.7 Å². The standard InChI is InChI=1S/C10H16N2O2/c13-9(14)7-12-6-5-11-10(12)8-3-1-2-4-8/h8H,1-7H2,(H,13,14). The van der Waals surface area contributed by atoms with Gasteiger partial charge in [0.05, 0.1) is 6.54 Å². The largest absolute Gasteiger partial charge is 0.480 e. The molecule has 4 heteroatoms. The Balaban J connectivity index is 1.98. The molecule has 4 nitrogen and oxygen atoms in total. The van der Waals surface area contributed by atoms with Crippen molar-refractivity contribution in [3.63, 3.8) is 0 Å². The van der Waals surface area contributed by atoms with Crippen LogP contribution in [0.4, 0.5) is 0 Å². The van der Waals surface area contributed by atoms with Crippen molar-refractivity contribution in [1.29, 1.82) is 0 Å². The quantitative estimate of drug-likeness (QED) is 0.732. The molecule has 0 atom stereocenters. The molecule has 2 aliphatic rings. The summed E-state index contributed by atoms with van der Waals surface area (Å²) in [6.45, 7) is 1.69. The summed E-state index contributed by atoms with van der Waals surface area (Å²) >= 11 is 0. The molecule has 0 amide bonds. The zero-order valence-electron chi connectivity index (χ0n) is 8.28. The molecule has 1 fully saturated rings. The van der Waals surface area contributed by atoms with Crippen LogP contribution in [0.25, 0.3) is 0 Å². The topological polar surface area (TPSA) is 52.9 Å². The van der Waals surface area contributed by atoms with E-state index in [1.807, 2.05) is 4.90 Å². The van der Waals surface area contributed by atoms with Crippen molar-refractivity contribution in [2.75, 3.05) is 19.6 Å². The first-order valence-electron chi connectivity index (χ1n) is 5.28. The van der Waals surface area contributed by atoms with Gasteiger partial charge in [0.25, 0.3) is 0 Å². The Labute approximate surface area is 83.6 Å². The second-order valence-corrected chi connectivity index (χ2v) is 4.04. The van der Waals surface area contributed by atoms with Gasteiger partial charge in [-0.05, 0) is 12.8 Å². The smallest absolute Gasteiger partial charge is 0.323 e. The highest BCUT2D eigenvalue weighted by Gasteiger charge is 2.28. The molecule has 0 unspecified atom stereocenters. The fraction of sp³-hybridized carbons (Fsp3) is 0.800. The van der Waals surface area contributed by atoms with Crippen LogP contribution in [0.15, 0.2) is 4.99 Å². The number of rotatable bonds is 3. The summed E-state index contributed by atoms with van der Waals surface area (Å²) in [7, 11) is 0. The van der Waals surface area contributed by atoms with Gasteiger partial charge < -0.3 is 10.0 Å². The maximum Gasteiger partial charge on any atom is 0.323 e. The van der Waals surface area contributed by atoms with Gasteiger partial charge in [-0.1, -0.05) is 12.8 Å². The lowest BCUT2D eigenvalue weighted by molar-refractivity contribution is -0.137. The summed E-state index contributed by atoms with van der Waals surface area (Å²) in [6.07, 6.45) is 4.92. The number of carbonyl (C=O) groups is 1. The van der Waals surface area contributed by atoms with Crippen molar-refractivity contribution < 1.29 is 9.90 Å². The highest BCUT2D eigenvalue weighted by molar-refractivity contribution is 5.89. The lowest BCUT2D eigenvalue weighted by Gasteiger charge is -2.21. The first-order valence-corrected chi connectivity index (χ1v) is 5.28. The minimum Gasteiger partial charge on any atom is -0.480 e. The number of carboxylic acids is 1. The van der Waals surface area contributed by atoms with Crippen LogP contribution >= 0.6 is 0 Å². The fourth-order valence-electron chi connectivity index (χ4n) is 2.39. The Morgan fingerprint density at radius 2 is 2.21 bits per heavy atom. The second-order valence-electron chi connectivity index (χ2n) is 4.04. The number of aliphatic imine (C=N–C) groups is 1. The van der Waals surface area contributed by atoms with Gasteiger partial charge in [0.15, 0.2) is 0 Å². The van der Waals surface area contributed by atoms with Gasteiger partial charge in [0.2, 0.25) is 0 Å². The lowest BCUT2D eigenvalue weighted by atomic mass is 10.1. The molecule has 0 radical (unpaired) electrons. The molecular weight excluding hydrogens is 180 g/mol. The molecular formula is C10H16N2O2. The predicted molar refractivity (Wildman–Crippen MR) is 53.5 cm³/mol. The molecule has 1 aliphatic heterocycles. The summed E-state index contributed by atoms with van der Waals surface area (Å²) in [5.74, 6) is 0.847. The number of aliphatic carboxylic acids is 1.